The molecule has 0 spiro atoms. The van der Waals surface area contributed by atoms with Crippen molar-refractivity contribution in [3.63, 3.8) is 0 Å². The highest BCUT2D eigenvalue weighted by Gasteiger charge is 2.25. The van der Waals surface area contributed by atoms with Crippen LogP contribution in [0.1, 0.15) is 18.2 Å². The molecule has 0 radical (unpaired) electrons. The normalized spacial score (nSPS) is 12.3. The zero-order chi connectivity index (χ0) is 16.3. The van der Waals surface area contributed by atoms with Crippen LogP contribution in [0.3, 0.4) is 0 Å². The van der Waals surface area contributed by atoms with Gasteiger partial charge >= 0.3 is 0 Å². The van der Waals surface area contributed by atoms with Gasteiger partial charge in [0, 0.05) is 23.9 Å². The van der Waals surface area contributed by atoms with Crippen molar-refractivity contribution in [3.8, 4) is 0 Å². The van der Waals surface area contributed by atoms with Gasteiger partial charge in [-0.25, -0.2) is 4.98 Å². The van der Waals surface area contributed by atoms with Crippen LogP contribution in [-0.4, -0.2) is 46.9 Å². The van der Waals surface area contributed by atoms with E-state index in [4.69, 9.17) is 11.6 Å². The number of nitrogens with zero attached hydrogens (tertiary/aromatic N) is 2. The van der Waals surface area contributed by atoms with Crippen LogP contribution in [0.4, 0.5) is 0 Å². The number of hydrogen-bond acceptors (Lipinski definition) is 4. The van der Waals surface area contributed by atoms with Crippen molar-refractivity contribution in [1.29, 1.82) is 0 Å². The molecule has 1 heterocycles. The van der Waals surface area contributed by atoms with Crippen molar-refractivity contribution in [2.24, 2.45) is 5.41 Å². The lowest BCUT2D eigenvalue weighted by atomic mass is 9.92. The summed E-state index contributed by atoms with van der Waals surface area (Å²) in [6.45, 7) is 4.85. The van der Waals surface area contributed by atoms with Gasteiger partial charge in [0.2, 0.25) is 0 Å². The second-order valence-corrected chi connectivity index (χ2v) is 6.69. The van der Waals surface area contributed by atoms with E-state index >= 15 is 0 Å². The molecule has 1 aromatic heterocycles. The molecule has 0 unspecified atom stereocenters. The van der Waals surface area contributed by atoms with E-state index in [0.717, 1.165) is 22.2 Å². The average molecular weight is 323 g/mol. The van der Waals surface area contributed by atoms with Crippen LogP contribution in [0.2, 0.25) is 5.02 Å². The first-order valence-corrected chi connectivity index (χ1v) is 7.72. The average Bonchev–Trinajstić information content (AvgIpc) is 2.52. The second kappa shape index (κ2) is 6.92. The molecule has 2 N–H and O–H groups in total. The lowest BCUT2D eigenvalue weighted by molar-refractivity contribution is 0.0399. The minimum absolute atomic E-state index is 0.0637. The summed E-state index contributed by atoms with van der Waals surface area (Å²) < 4.78 is 0. The fraction of sp³-hybridized carbons (Fsp3) is 0.471. The Balaban J connectivity index is 2.26. The Hall–Kier alpha value is -1.20. The quantitative estimate of drug-likeness (QED) is 0.858. The summed E-state index contributed by atoms with van der Waals surface area (Å²) in [6, 6.07) is 7.94. The maximum Gasteiger partial charge on any atom is 0.0740 e. The van der Waals surface area contributed by atoms with Crippen LogP contribution in [0.5, 0.6) is 0 Å². The van der Waals surface area contributed by atoms with Crippen LogP contribution in [-0.2, 0) is 6.54 Å². The highest BCUT2D eigenvalue weighted by molar-refractivity contribution is 6.32. The summed E-state index contributed by atoms with van der Waals surface area (Å²) in [4.78, 5) is 6.68. The first kappa shape index (κ1) is 17.2. The molecule has 120 valence electrons. The molecule has 2 rings (SSSR count). The van der Waals surface area contributed by atoms with Crippen LogP contribution in [0.15, 0.2) is 24.3 Å². The van der Waals surface area contributed by atoms with Crippen molar-refractivity contribution < 1.29 is 10.2 Å². The molecule has 22 heavy (non-hydrogen) atoms. The molecule has 0 fully saturated rings. The number of aliphatic hydroxyl groups excluding tert-OH is 2. The summed E-state index contributed by atoms with van der Waals surface area (Å²) in [6.07, 6.45) is 0. The van der Waals surface area contributed by atoms with E-state index in [1.165, 1.54) is 0 Å². The van der Waals surface area contributed by atoms with E-state index < -0.39 is 5.41 Å². The summed E-state index contributed by atoms with van der Waals surface area (Å²) >= 11 is 6.47. The zero-order valence-corrected chi connectivity index (χ0v) is 14.1. The highest BCUT2D eigenvalue weighted by Crippen LogP contribution is 2.28. The summed E-state index contributed by atoms with van der Waals surface area (Å²) in [5.74, 6) is 0. The molecule has 0 amide bonds. The Labute approximate surface area is 136 Å². The van der Waals surface area contributed by atoms with E-state index in [0.29, 0.717) is 18.1 Å². The Kier molecular flexibility index (Phi) is 5.40. The molecule has 0 bridgehead atoms. The summed E-state index contributed by atoms with van der Waals surface area (Å²) in [7, 11) is 1.94. The topological polar surface area (TPSA) is 56.6 Å². The number of pyridine rings is 1. The first-order chi connectivity index (χ1) is 10.4. The fourth-order valence-corrected chi connectivity index (χ4v) is 2.84. The number of fused-ring (bicyclic) bond motifs is 1. The Bertz CT molecular complexity index is 656. The van der Waals surface area contributed by atoms with Gasteiger partial charge in [0.05, 0.1) is 29.4 Å². The molecule has 0 saturated carbocycles. The first-order valence-electron chi connectivity index (χ1n) is 7.34. The number of para-hydroxylation sites is 1. The van der Waals surface area contributed by atoms with E-state index in [2.05, 4.69) is 4.98 Å². The van der Waals surface area contributed by atoms with E-state index in [1.54, 1.807) is 0 Å². The van der Waals surface area contributed by atoms with Gasteiger partial charge in [0.25, 0.3) is 0 Å². The van der Waals surface area contributed by atoms with Gasteiger partial charge in [-0.2, -0.15) is 0 Å². The smallest absolute Gasteiger partial charge is 0.0740 e. The molecular formula is C17H23ClN2O2. The minimum Gasteiger partial charge on any atom is -0.396 e. The second-order valence-electron chi connectivity index (χ2n) is 6.31. The SMILES string of the molecule is Cc1c(Cl)c(CN(C)CC(C)(CO)CO)nc2ccccc12. The van der Waals surface area contributed by atoms with Gasteiger partial charge in [-0.05, 0) is 25.6 Å². The Morgan fingerprint density at radius 1 is 1.23 bits per heavy atom. The van der Waals surface area contributed by atoms with Gasteiger partial charge in [-0.1, -0.05) is 36.7 Å². The number of aromatic nitrogens is 1. The third kappa shape index (κ3) is 3.58. The predicted octanol–water partition coefficient (Wildman–Crippen LogP) is 2.62. The van der Waals surface area contributed by atoms with Crippen molar-refractivity contribution in [3.05, 3.63) is 40.5 Å². The molecule has 0 atom stereocenters. The minimum atomic E-state index is -0.535. The molecule has 1 aromatic carbocycles. The number of rotatable bonds is 6. The van der Waals surface area contributed by atoms with Crippen molar-refractivity contribution in [2.45, 2.75) is 20.4 Å². The van der Waals surface area contributed by atoms with Crippen molar-refractivity contribution in [2.75, 3.05) is 26.8 Å². The highest BCUT2D eigenvalue weighted by atomic mass is 35.5. The summed E-state index contributed by atoms with van der Waals surface area (Å²) in [5, 5.41) is 20.6. The number of benzene rings is 1. The van der Waals surface area contributed by atoms with Crippen LogP contribution in [0, 0.1) is 12.3 Å². The molecule has 0 aliphatic heterocycles. The zero-order valence-electron chi connectivity index (χ0n) is 13.3. The number of halogens is 1. The number of aryl methyl sites for hydroxylation is 1. The van der Waals surface area contributed by atoms with Gasteiger partial charge in [-0.15, -0.1) is 0 Å². The van der Waals surface area contributed by atoms with Gasteiger partial charge in [0.15, 0.2) is 0 Å². The van der Waals surface area contributed by atoms with E-state index in [9.17, 15) is 10.2 Å². The lowest BCUT2D eigenvalue weighted by Gasteiger charge is -2.30. The molecule has 0 aliphatic carbocycles. The Morgan fingerprint density at radius 2 is 1.86 bits per heavy atom. The molecular weight excluding hydrogens is 300 g/mol. The largest absolute Gasteiger partial charge is 0.396 e. The predicted molar refractivity (Wildman–Crippen MR) is 90.1 cm³/mol. The van der Waals surface area contributed by atoms with Crippen molar-refractivity contribution in [1.82, 2.24) is 9.88 Å². The van der Waals surface area contributed by atoms with Gasteiger partial charge < -0.3 is 10.2 Å². The maximum absolute atomic E-state index is 9.41. The monoisotopic (exact) mass is 322 g/mol. The molecule has 5 heteroatoms. The molecule has 0 aliphatic rings. The number of hydrogen-bond donors (Lipinski definition) is 2. The van der Waals surface area contributed by atoms with Crippen LogP contribution >= 0.6 is 11.6 Å². The van der Waals surface area contributed by atoms with E-state index in [-0.39, 0.29) is 13.2 Å². The van der Waals surface area contributed by atoms with Gasteiger partial charge in [0.1, 0.15) is 0 Å². The molecule has 4 nitrogen and oxygen atoms in total. The van der Waals surface area contributed by atoms with E-state index in [1.807, 2.05) is 50.1 Å². The third-order valence-electron chi connectivity index (χ3n) is 3.98. The maximum atomic E-state index is 9.41. The fourth-order valence-electron chi connectivity index (χ4n) is 2.64. The van der Waals surface area contributed by atoms with Gasteiger partial charge in [-0.3, -0.25) is 4.90 Å². The molecule has 2 aromatic rings. The summed E-state index contributed by atoms with van der Waals surface area (Å²) in [5.41, 5.74) is 2.24. The van der Waals surface area contributed by atoms with Crippen LogP contribution in [0.25, 0.3) is 10.9 Å². The lowest BCUT2D eigenvalue weighted by Crippen LogP contribution is -2.38. The Morgan fingerprint density at radius 3 is 2.50 bits per heavy atom. The standard InChI is InChI=1S/C17H23ClN2O2/c1-12-13-6-4-5-7-14(13)19-15(16(12)18)8-20(3)9-17(2,10-21)11-22/h4-7,21-22H,8-11H2,1-3H3. The third-order valence-corrected chi connectivity index (χ3v) is 4.48. The van der Waals surface area contributed by atoms with Crippen LogP contribution < -0.4 is 0 Å². The van der Waals surface area contributed by atoms with Crippen molar-refractivity contribution >= 4 is 22.5 Å². The number of aliphatic hydroxyl groups is 2. The molecule has 0 saturated heterocycles.